The summed E-state index contributed by atoms with van der Waals surface area (Å²) in [6.07, 6.45) is 2.00. The molecule has 0 radical (unpaired) electrons. The summed E-state index contributed by atoms with van der Waals surface area (Å²) in [7, 11) is 1.55. The molecular weight excluding hydrogens is 242 g/mol. The number of nitrogens with one attached hydrogen (secondary N) is 1. The van der Waals surface area contributed by atoms with Crippen LogP contribution in [-0.4, -0.2) is 32.3 Å². The summed E-state index contributed by atoms with van der Waals surface area (Å²) in [6.45, 7) is 5.50. The average Bonchev–Trinajstić information content (AvgIpc) is 2.47. The maximum absolute atomic E-state index is 12.0. The van der Waals surface area contributed by atoms with E-state index in [0.29, 0.717) is 17.9 Å². The van der Waals surface area contributed by atoms with Crippen molar-refractivity contribution in [2.75, 3.05) is 20.3 Å². The topological polar surface area (TPSA) is 47.6 Å². The molecule has 0 spiro atoms. The highest BCUT2D eigenvalue weighted by molar-refractivity contribution is 5.92. The molecule has 1 N–H and O–H groups in total. The van der Waals surface area contributed by atoms with Crippen molar-refractivity contribution in [3.8, 4) is 5.75 Å². The molecule has 0 amide bonds. The first-order chi connectivity index (χ1) is 9.22. The molecule has 4 heteroatoms. The predicted octanol–water partition coefficient (Wildman–Crippen LogP) is 2.63. The Morgan fingerprint density at radius 3 is 2.68 bits per heavy atom. The number of benzene rings is 1. The lowest BCUT2D eigenvalue weighted by molar-refractivity contribution is 0.0459. The highest BCUT2D eigenvalue weighted by Crippen LogP contribution is 2.18. The molecule has 1 aromatic rings. The summed E-state index contributed by atoms with van der Waals surface area (Å²) in [5, 5.41) is 3.35. The van der Waals surface area contributed by atoms with Crippen LogP contribution < -0.4 is 10.1 Å². The molecule has 19 heavy (non-hydrogen) atoms. The number of esters is 1. The Labute approximate surface area is 115 Å². The molecule has 1 atom stereocenters. The molecule has 106 valence electrons. The van der Waals surface area contributed by atoms with Gasteiger partial charge < -0.3 is 14.8 Å². The van der Waals surface area contributed by atoms with E-state index in [1.807, 2.05) is 6.07 Å². The van der Waals surface area contributed by atoms with Crippen LogP contribution in [-0.2, 0) is 4.74 Å². The van der Waals surface area contributed by atoms with Gasteiger partial charge in [-0.25, -0.2) is 4.79 Å². The van der Waals surface area contributed by atoms with E-state index in [9.17, 15) is 4.79 Å². The number of carbonyl (C=O) groups excluding carboxylic acids is 1. The molecule has 1 rings (SSSR count). The molecule has 1 unspecified atom stereocenters. The van der Waals surface area contributed by atoms with Gasteiger partial charge in [-0.1, -0.05) is 26.0 Å². The number of para-hydroxylation sites is 1. The Bertz CT molecular complexity index is 393. The molecule has 0 aliphatic carbocycles. The fraction of sp³-hybridized carbons (Fsp3) is 0.533. The summed E-state index contributed by atoms with van der Waals surface area (Å²) in [5.74, 6) is 0.205. The fourth-order valence-corrected chi connectivity index (χ4v) is 1.74. The molecule has 0 aliphatic rings. The van der Waals surface area contributed by atoms with Gasteiger partial charge in [-0.15, -0.1) is 0 Å². The Kier molecular flexibility index (Phi) is 6.97. The van der Waals surface area contributed by atoms with Crippen molar-refractivity contribution in [3.05, 3.63) is 29.8 Å². The standard InChI is InChI=1S/C15H23NO3/c1-4-10-16-12(5-2)11-19-15(17)13-8-6-7-9-14(13)18-3/h6-9,12,16H,4-5,10-11H2,1-3H3. The SMILES string of the molecule is CCCNC(CC)COC(=O)c1ccccc1OC. The number of rotatable bonds is 8. The van der Waals surface area contributed by atoms with E-state index >= 15 is 0 Å². The summed E-state index contributed by atoms with van der Waals surface area (Å²) in [4.78, 5) is 12.0. The third-order valence-electron chi connectivity index (χ3n) is 2.92. The van der Waals surface area contributed by atoms with Gasteiger partial charge in [0.05, 0.1) is 7.11 Å². The molecular formula is C15H23NO3. The zero-order valence-corrected chi connectivity index (χ0v) is 11.9. The van der Waals surface area contributed by atoms with E-state index in [1.165, 1.54) is 0 Å². The van der Waals surface area contributed by atoms with Crippen molar-refractivity contribution in [2.45, 2.75) is 32.7 Å². The van der Waals surface area contributed by atoms with Crippen molar-refractivity contribution in [3.63, 3.8) is 0 Å². The highest BCUT2D eigenvalue weighted by atomic mass is 16.5. The maximum Gasteiger partial charge on any atom is 0.341 e. The summed E-state index contributed by atoms with van der Waals surface area (Å²) in [5.41, 5.74) is 0.468. The number of hydrogen-bond donors (Lipinski definition) is 1. The molecule has 4 nitrogen and oxygen atoms in total. The van der Waals surface area contributed by atoms with Gasteiger partial charge in [0.1, 0.15) is 17.9 Å². The van der Waals surface area contributed by atoms with Crippen LogP contribution in [0.15, 0.2) is 24.3 Å². The monoisotopic (exact) mass is 265 g/mol. The Morgan fingerprint density at radius 2 is 2.05 bits per heavy atom. The largest absolute Gasteiger partial charge is 0.496 e. The second kappa shape index (κ2) is 8.53. The minimum atomic E-state index is -0.339. The van der Waals surface area contributed by atoms with Crippen LogP contribution in [0.4, 0.5) is 0 Å². The smallest absolute Gasteiger partial charge is 0.341 e. The molecule has 1 aromatic carbocycles. The molecule has 0 aromatic heterocycles. The number of methoxy groups -OCH3 is 1. The zero-order valence-electron chi connectivity index (χ0n) is 11.9. The number of carbonyl (C=O) groups is 1. The van der Waals surface area contributed by atoms with Crippen LogP contribution in [0.25, 0.3) is 0 Å². The van der Waals surface area contributed by atoms with Crippen LogP contribution in [0.1, 0.15) is 37.0 Å². The van der Waals surface area contributed by atoms with Crippen LogP contribution in [0.2, 0.25) is 0 Å². The second-order valence-electron chi connectivity index (χ2n) is 4.36. The average molecular weight is 265 g/mol. The first-order valence-corrected chi connectivity index (χ1v) is 6.76. The van der Waals surface area contributed by atoms with Crippen LogP contribution in [0.3, 0.4) is 0 Å². The van der Waals surface area contributed by atoms with E-state index in [2.05, 4.69) is 19.2 Å². The minimum Gasteiger partial charge on any atom is -0.496 e. The Balaban J connectivity index is 2.54. The van der Waals surface area contributed by atoms with Gasteiger partial charge in [-0.2, -0.15) is 0 Å². The van der Waals surface area contributed by atoms with Crippen molar-refractivity contribution in [1.29, 1.82) is 0 Å². The lowest BCUT2D eigenvalue weighted by Crippen LogP contribution is -2.34. The van der Waals surface area contributed by atoms with Crippen molar-refractivity contribution in [2.24, 2.45) is 0 Å². The third kappa shape index (κ3) is 4.91. The van der Waals surface area contributed by atoms with Gasteiger partial charge in [0.25, 0.3) is 0 Å². The normalized spacial score (nSPS) is 11.9. The van der Waals surface area contributed by atoms with E-state index in [-0.39, 0.29) is 12.0 Å². The first-order valence-electron chi connectivity index (χ1n) is 6.76. The molecule has 0 heterocycles. The zero-order chi connectivity index (χ0) is 14.1. The summed E-state index contributed by atoms with van der Waals surface area (Å²) >= 11 is 0. The first kappa shape index (κ1) is 15.5. The van der Waals surface area contributed by atoms with Crippen LogP contribution in [0.5, 0.6) is 5.75 Å². The van der Waals surface area contributed by atoms with Gasteiger partial charge in [0.2, 0.25) is 0 Å². The molecule has 0 saturated heterocycles. The lowest BCUT2D eigenvalue weighted by atomic mass is 10.2. The molecule has 0 saturated carbocycles. The summed E-state index contributed by atoms with van der Waals surface area (Å²) in [6, 6.07) is 7.29. The number of hydrogen-bond acceptors (Lipinski definition) is 4. The Morgan fingerprint density at radius 1 is 1.32 bits per heavy atom. The fourth-order valence-electron chi connectivity index (χ4n) is 1.74. The van der Waals surface area contributed by atoms with Crippen molar-refractivity contribution in [1.82, 2.24) is 5.32 Å². The van der Waals surface area contributed by atoms with E-state index in [4.69, 9.17) is 9.47 Å². The van der Waals surface area contributed by atoms with E-state index < -0.39 is 0 Å². The predicted molar refractivity (Wildman–Crippen MR) is 75.6 cm³/mol. The van der Waals surface area contributed by atoms with Gasteiger partial charge in [0.15, 0.2) is 0 Å². The number of ether oxygens (including phenoxy) is 2. The molecule has 0 bridgehead atoms. The van der Waals surface area contributed by atoms with E-state index in [0.717, 1.165) is 19.4 Å². The van der Waals surface area contributed by atoms with Gasteiger partial charge in [-0.05, 0) is 31.5 Å². The van der Waals surface area contributed by atoms with Gasteiger partial charge >= 0.3 is 5.97 Å². The van der Waals surface area contributed by atoms with Gasteiger partial charge in [-0.3, -0.25) is 0 Å². The summed E-state index contributed by atoms with van der Waals surface area (Å²) < 4.78 is 10.5. The molecule has 0 aliphatic heterocycles. The Hall–Kier alpha value is -1.55. The third-order valence-corrected chi connectivity index (χ3v) is 2.92. The minimum absolute atomic E-state index is 0.207. The maximum atomic E-state index is 12.0. The van der Waals surface area contributed by atoms with Crippen LogP contribution in [0, 0.1) is 0 Å². The van der Waals surface area contributed by atoms with Crippen molar-refractivity contribution >= 4 is 5.97 Å². The molecule has 0 fully saturated rings. The van der Waals surface area contributed by atoms with E-state index in [1.54, 1.807) is 25.3 Å². The van der Waals surface area contributed by atoms with Crippen LogP contribution >= 0.6 is 0 Å². The lowest BCUT2D eigenvalue weighted by Gasteiger charge is -2.17. The van der Waals surface area contributed by atoms with Crippen molar-refractivity contribution < 1.29 is 14.3 Å². The second-order valence-corrected chi connectivity index (χ2v) is 4.36. The highest BCUT2D eigenvalue weighted by Gasteiger charge is 2.14. The quantitative estimate of drug-likeness (QED) is 0.734. The van der Waals surface area contributed by atoms with Gasteiger partial charge in [0, 0.05) is 6.04 Å².